The third kappa shape index (κ3) is 4.41. The normalized spacial score (nSPS) is 15.8. The second-order valence-electron chi connectivity index (χ2n) is 6.22. The number of nitrogens with one attached hydrogen (secondary N) is 1. The van der Waals surface area contributed by atoms with Crippen LogP contribution in [0.3, 0.4) is 0 Å². The number of amides is 1. The summed E-state index contributed by atoms with van der Waals surface area (Å²) < 4.78 is 6.45. The standard InChI is InChI=1S/C20H23BrN2O2/c1-25-19-10-3-2-9-17(19)18(23-11-4-5-12-23)14-22-20(24)15-7-6-8-16(21)13-15/h2-3,6-10,13,18H,4-5,11-12,14H2,1H3,(H,22,24). The summed E-state index contributed by atoms with van der Waals surface area (Å²) in [7, 11) is 1.69. The zero-order chi connectivity index (χ0) is 17.6. The quantitative estimate of drug-likeness (QED) is 0.792. The maximum absolute atomic E-state index is 12.5. The summed E-state index contributed by atoms with van der Waals surface area (Å²) in [6.07, 6.45) is 2.40. The van der Waals surface area contributed by atoms with Crippen molar-refractivity contribution < 1.29 is 9.53 Å². The van der Waals surface area contributed by atoms with Gasteiger partial charge < -0.3 is 10.1 Å². The summed E-state index contributed by atoms with van der Waals surface area (Å²) >= 11 is 3.42. The number of ether oxygens (including phenoxy) is 1. The van der Waals surface area contributed by atoms with Gasteiger partial charge in [0.05, 0.1) is 13.2 Å². The van der Waals surface area contributed by atoms with Crippen molar-refractivity contribution >= 4 is 21.8 Å². The van der Waals surface area contributed by atoms with Crippen LogP contribution in [0.2, 0.25) is 0 Å². The highest BCUT2D eigenvalue weighted by atomic mass is 79.9. The lowest BCUT2D eigenvalue weighted by Crippen LogP contribution is -2.37. The Morgan fingerprint density at radius 3 is 2.68 bits per heavy atom. The minimum Gasteiger partial charge on any atom is -0.496 e. The molecule has 1 atom stereocenters. The molecule has 1 fully saturated rings. The van der Waals surface area contributed by atoms with E-state index in [1.54, 1.807) is 7.11 Å². The first-order chi connectivity index (χ1) is 12.2. The summed E-state index contributed by atoms with van der Waals surface area (Å²) in [5, 5.41) is 3.10. The molecular weight excluding hydrogens is 380 g/mol. The molecule has 5 heteroatoms. The molecule has 0 bridgehead atoms. The van der Waals surface area contributed by atoms with E-state index in [0.29, 0.717) is 12.1 Å². The van der Waals surface area contributed by atoms with Gasteiger partial charge in [-0.3, -0.25) is 9.69 Å². The van der Waals surface area contributed by atoms with Crippen LogP contribution in [0.1, 0.15) is 34.8 Å². The number of hydrogen-bond acceptors (Lipinski definition) is 3. The average molecular weight is 403 g/mol. The van der Waals surface area contributed by atoms with Crippen molar-refractivity contribution in [3.05, 3.63) is 64.1 Å². The topological polar surface area (TPSA) is 41.6 Å². The van der Waals surface area contributed by atoms with Crippen LogP contribution in [0.15, 0.2) is 53.0 Å². The van der Waals surface area contributed by atoms with Crippen LogP contribution in [0, 0.1) is 0 Å². The molecule has 1 heterocycles. The zero-order valence-electron chi connectivity index (χ0n) is 14.4. The molecule has 2 aromatic rings. The molecule has 1 aliphatic rings. The number of halogens is 1. The van der Waals surface area contributed by atoms with E-state index < -0.39 is 0 Å². The lowest BCUT2D eigenvalue weighted by molar-refractivity contribution is 0.0937. The Morgan fingerprint density at radius 2 is 1.96 bits per heavy atom. The van der Waals surface area contributed by atoms with Crippen LogP contribution in [0.5, 0.6) is 5.75 Å². The van der Waals surface area contributed by atoms with Crippen LogP contribution < -0.4 is 10.1 Å². The van der Waals surface area contributed by atoms with Gasteiger partial charge in [-0.1, -0.05) is 40.2 Å². The van der Waals surface area contributed by atoms with Crippen molar-refractivity contribution in [3.8, 4) is 5.75 Å². The third-order valence-corrected chi connectivity index (χ3v) is 5.12. The number of rotatable bonds is 6. The number of nitrogens with zero attached hydrogens (tertiary/aromatic N) is 1. The highest BCUT2D eigenvalue weighted by Crippen LogP contribution is 2.31. The molecule has 2 aromatic carbocycles. The zero-order valence-corrected chi connectivity index (χ0v) is 16.0. The highest BCUT2D eigenvalue weighted by Gasteiger charge is 2.26. The molecule has 25 heavy (non-hydrogen) atoms. The van der Waals surface area contributed by atoms with E-state index in [4.69, 9.17) is 4.74 Å². The van der Waals surface area contributed by atoms with Crippen LogP contribution in [-0.4, -0.2) is 37.6 Å². The van der Waals surface area contributed by atoms with Gasteiger partial charge in [0.15, 0.2) is 0 Å². The molecule has 1 aliphatic heterocycles. The molecule has 4 nitrogen and oxygen atoms in total. The lowest BCUT2D eigenvalue weighted by Gasteiger charge is -2.29. The maximum atomic E-state index is 12.5. The van der Waals surface area contributed by atoms with Gasteiger partial charge in [0.2, 0.25) is 0 Å². The van der Waals surface area contributed by atoms with E-state index in [0.717, 1.165) is 28.9 Å². The monoisotopic (exact) mass is 402 g/mol. The average Bonchev–Trinajstić information content (AvgIpc) is 3.16. The number of carbonyl (C=O) groups is 1. The van der Waals surface area contributed by atoms with Gasteiger partial charge in [-0.25, -0.2) is 0 Å². The highest BCUT2D eigenvalue weighted by molar-refractivity contribution is 9.10. The predicted molar refractivity (Wildman–Crippen MR) is 103 cm³/mol. The number of methoxy groups -OCH3 is 1. The van der Waals surface area contributed by atoms with Crippen LogP contribution in [0.25, 0.3) is 0 Å². The molecule has 0 saturated carbocycles. The molecule has 1 N–H and O–H groups in total. The molecule has 1 unspecified atom stereocenters. The molecule has 132 valence electrons. The molecule has 3 rings (SSSR count). The Kier molecular flexibility index (Phi) is 6.10. The molecule has 0 aliphatic carbocycles. The number of hydrogen-bond donors (Lipinski definition) is 1. The van der Waals surface area contributed by atoms with E-state index in [-0.39, 0.29) is 11.9 Å². The van der Waals surface area contributed by atoms with Crippen molar-refractivity contribution in [2.24, 2.45) is 0 Å². The third-order valence-electron chi connectivity index (χ3n) is 4.62. The number of para-hydroxylation sites is 1. The molecule has 0 spiro atoms. The number of carbonyl (C=O) groups excluding carboxylic acids is 1. The first kappa shape index (κ1) is 18.0. The first-order valence-electron chi connectivity index (χ1n) is 8.60. The summed E-state index contributed by atoms with van der Waals surface area (Å²) in [4.78, 5) is 14.9. The predicted octanol–water partition coefficient (Wildman–Crippen LogP) is 4.02. The second kappa shape index (κ2) is 8.50. The SMILES string of the molecule is COc1ccccc1C(CNC(=O)c1cccc(Br)c1)N1CCCC1. The summed E-state index contributed by atoms with van der Waals surface area (Å²) in [5.41, 5.74) is 1.79. The summed E-state index contributed by atoms with van der Waals surface area (Å²) in [6.45, 7) is 2.66. The van der Waals surface area contributed by atoms with Crippen molar-refractivity contribution in [3.63, 3.8) is 0 Å². The van der Waals surface area contributed by atoms with E-state index in [1.807, 2.05) is 42.5 Å². The Balaban J connectivity index is 1.77. The number of likely N-dealkylation sites (tertiary alicyclic amines) is 1. The summed E-state index contributed by atoms with van der Waals surface area (Å²) in [5.74, 6) is 0.816. The Morgan fingerprint density at radius 1 is 1.20 bits per heavy atom. The van der Waals surface area contributed by atoms with Crippen molar-refractivity contribution in [2.45, 2.75) is 18.9 Å². The van der Waals surface area contributed by atoms with Gasteiger partial charge in [-0.05, 0) is 50.2 Å². The first-order valence-corrected chi connectivity index (χ1v) is 9.39. The van der Waals surface area contributed by atoms with Gasteiger partial charge >= 0.3 is 0 Å². The largest absolute Gasteiger partial charge is 0.496 e. The van der Waals surface area contributed by atoms with Gasteiger partial charge in [0.1, 0.15) is 5.75 Å². The van der Waals surface area contributed by atoms with Gasteiger partial charge in [-0.15, -0.1) is 0 Å². The maximum Gasteiger partial charge on any atom is 0.251 e. The molecule has 1 amide bonds. The van der Waals surface area contributed by atoms with Crippen LogP contribution in [-0.2, 0) is 0 Å². The molecule has 0 radical (unpaired) electrons. The smallest absolute Gasteiger partial charge is 0.251 e. The fraction of sp³-hybridized carbons (Fsp3) is 0.350. The molecule has 0 aromatic heterocycles. The van der Waals surface area contributed by atoms with Crippen LogP contribution >= 0.6 is 15.9 Å². The minimum atomic E-state index is -0.0552. The van der Waals surface area contributed by atoms with Crippen molar-refractivity contribution in [1.82, 2.24) is 10.2 Å². The van der Waals surface area contributed by atoms with E-state index in [2.05, 4.69) is 32.2 Å². The Hall–Kier alpha value is -1.85. The Bertz CT molecular complexity index is 729. The van der Waals surface area contributed by atoms with E-state index in [1.165, 1.54) is 12.8 Å². The Labute approximate surface area is 157 Å². The fourth-order valence-electron chi connectivity index (χ4n) is 3.35. The van der Waals surface area contributed by atoms with Crippen molar-refractivity contribution in [1.29, 1.82) is 0 Å². The van der Waals surface area contributed by atoms with Crippen molar-refractivity contribution in [2.75, 3.05) is 26.7 Å². The fourth-order valence-corrected chi connectivity index (χ4v) is 3.75. The lowest BCUT2D eigenvalue weighted by atomic mass is 10.0. The molecular formula is C20H23BrN2O2. The summed E-state index contributed by atoms with van der Waals surface area (Å²) in [6, 6.07) is 15.6. The molecule has 1 saturated heterocycles. The van der Waals surface area contributed by atoms with Crippen LogP contribution in [0.4, 0.5) is 0 Å². The van der Waals surface area contributed by atoms with Gasteiger partial charge in [0, 0.05) is 22.1 Å². The van der Waals surface area contributed by atoms with E-state index >= 15 is 0 Å². The number of benzene rings is 2. The van der Waals surface area contributed by atoms with Gasteiger partial charge in [0.25, 0.3) is 5.91 Å². The minimum absolute atomic E-state index is 0.0552. The van der Waals surface area contributed by atoms with Gasteiger partial charge in [-0.2, -0.15) is 0 Å². The second-order valence-corrected chi connectivity index (χ2v) is 7.14. The van der Waals surface area contributed by atoms with E-state index in [9.17, 15) is 4.79 Å².